The maximum absolute atomic E-state index is 12.1. The molecule has 0 spiro atoms. The number of para-hydroxylation sites is 1. The van der Waals surface area contributed by atoms with Crippen LogP contribution < -0.4 is 14.8 Å². The molecule has 7 heteroatoms. The summed E-state index contributed by atoms with van der Waals surface area (Å²) < 4.78 is 11.5. The Balaban J connectivity index is 2.00. The normalized spacial score (nSPS) is 14.2. The number of methoxy groups -OCH3 is 1. The Morgan fingerprint density at radius 1 is 1.32 bits per heavy atom. The van der Waals surface area contributed by atoms with E-state index in [-0.39, 0.29) is 31.6 Å². The Kier molecular flexibility index (Phi) is 6.91. The van der Waals surface area contributed by atoms with Crippen LogP contribution in [0.5, 0.6) is 11.5 Å². The van der Waals surface area contributed by atoms with Crippen molar-refractivity contribution >= 4 is 12.0 Å². The highest BCUT2D eigenvalue weighted by atomic mass is 16.5. The van der Waals surface area contributed by atoms with E-state index >= 15 is 0 Å². The molecule has 138 valence electrons. The number of carbonyl (C=O) groups excluding carboxylic acids is 1. The third kappa shape index (κ3) is 5.55. The maximum atomic E-state index is 12.1. The summed E-state index contributed by atoms with van der Waals surface area (Å²) in [4.78, 5) is 24.0. The summed E-state index contributed by atoms with van der Waals surface area (Å²) in [5.74, 6) is 0.392. The fourth-order valence-corrected chi connectivity index (χ4v) is 2.84. The second kappa shape index (κ2) is 9.15. The summed E-state index contributed by atoms with van der Waals surface area (Å²) in [6, 6.07) is 5.27. The first-order valence-corrected chi connectivity index (χ1v) is 8.54. The predicted octanol–water partition coefficient (Wildman–Crippen LogP) is 2.63. The summed E-state index contributed by atoms with van der Waals surface area (Å²) in [5, 5.41) is 11.5. The molecule has 0 atom stereocenters. The van der Waals surface area contributed by atoms with Crippen molar-refractivity contribution in [2.24, 2.45) is 0 Å². The van der Waals surface area contributed by atoms with Gasteiger partial charge in [0.25, 0.3) is 0 Å². The van der Waals surface area contributed by atoms with Crippen molar-refractivity contribution in [3.05, 3.63) is 23.8 Å². The number of hydrogen-bond acceptors (Lipinski definition) is 4. The van der Waals surface area contributed by atoms with Crippen molar-refractivity contribution in [3.63, 3.8) is 0 Å². The average molecular weight is 350 g/mol. The van der Waals surface area contributed by atoms with Gasteiger partial charge in [-0.05, 0) is 31.7 Å². The van der Waals surface area contributed by atoms with Crippen LogP contribution in [-0.2, 0) is 11.3 Å². The van der Waals surface area contributed by atoms with Crippen LogP contribution in [0.2, 0.25) is 0 Å². The van der Waals surface area contributed by atoms with E-state index in [1.54, 1.807) is 14.2 Å². The first-order chi connectivity index (χ1) is 12.0. The van der Waals surface area contributed by atoms with Gasteiger partial charge in [0.1, 0.15) is 0 Å². The SMILES string of the molecule is COc1cccc(CNC(=O)N(C)CCC(=O)O)c1OC1CCCC1. The number of amides is 2. The van der Waals surface area contributed by atoms with Gasteiger partial charge in [-0.15, -0.1) is 0 Å². The molecule has 0 unspecified atom stereocenters. The van der Waals surface area contributed by atoms with E-state index in [0.717, 1.165) is 18.4 Å². The average Bonchev–Trinajstić information content (AvgIpc) is 3.11. The molecule has 0 saturated heterocycles. The largest absolute Gasteiger partial charge is 0.493 e. The van der Waals surface area contributed by atoms with E-state index in [4.69, 9.17) is 14.6 Å². The van der Waals surface area contributed by atoms with Crippen LogP contribution >= 0.6 is 0 Å². The molecule has 1 aromatic carbocycles. The number of urea groups is 1. The van der Waals surface area contributed by atoms with Crippen LogP contribution in [0.3, 0.4) is 0 Å². The molecule has 1 fully saturated rings. The molecule has 1 saturated carbocycles. The minimum atomic E-state index is -0.931. The van der Waals surface area contributed by atoms with E-state index in [1.807, 2.05) is 18.2 Å². The lowest BCUT2D eigenvalue weighted by atomic mass is 10.1. The minimum absolute atomic E-state index is 0.0842. The van der Waals surface area contributed by atoms with Crippen LogP contribution in [0, 0.1) is 0 Å². The molecule has 0 heterocycles. The van der Waals surface area contributed by atoms with Gasteiger partial charge in [-0.1, -0.05) is 12.1 Å². The monoisotopic (exact) mass is 350 g/mol. The van der Waals surface area contributed by atoms with Gasteiger partial charge >= 0.3 is 12.0 Å². The fourth-order valence-electron chi connectivity index (χ4n) is 2.84. The van der Waals surface area contributed by atoms with E-state index in [0.29, 0.717) is 11.5 Å². The van der Waals surface area contributed by atoms with Crippen molar-refractivity contribution in [2.75, 3.05) is 20.7 Å². The zero-order chi connectivity index (χ0) is 18.2. The predicted molar refractivity (Wildman–Crippen MR) is 93.0 cm³/mol. The second-order valence-electron chi connectivity index (χ2n) is 6.20. The summed E-state index contributed by atoms with van der Waals surface area (Å²) in [5.41, 5.74) is 0.839. The van der Waals surface area contributed by atoms with Crippen LogP contribution in [0.1, 0.15) is 37.7 Å². The van der Waals surface area contributed by atoms with Crippen molar-refractivity contribution in [3.8, 4) is 11.5 Å². The Morgan fingerprint density at radius 2 is 2.04 bits per heavy atom. The van der Waals surface area contributed by atoms with Gasteiger partial charge < -0.3 is 24.8 Å². The summed E-state index contributed by atoms with van der Waals surface area (Å²) in [6.45, 7) is 0.445. The van der Waals surface area contributed by atoms with E-state index in [1.165, 1.54) is 17.7 Å². The molecule has 1 aliphatic rings. The Labute approximate surface area is 147 Å². The molecule has 0 aliphatic heterocycles. The standard InChI is InChI=1S/C18H26N2O5/c1-20(11-10-16(21)22)18(23)19-12-13-6-5-9-15(24-2)17(13)25-14-7-3-4-8-14/h5-6,9,14H,3-4,7-8,10-12H2,1-2H3,(H,19,23)(H,21,22). The van der Waals surface area contributed by atoms with E-state index in [2.05, 4.69) is 5.32 Å². The number of carboxylic acids is 1. The lowest BCUT2D eigenvalue weighted by Gasteiger charge is -2.21. The zero-order valence-electron chi connectivity index (χ0n) is 14.8. The van der Waals surface area contributed by atoms with Crippen molar-refractivity contribution in [1.82, 2.24) is 10.2 Å². The number of carboxylic acid groups (broad SMARTS) is 1. The number of carbonyl (C=O) groups is 2. The molecule has 2 rings (SSSR count). The van der Waals surface area contributed by atoms with E-state index in [9.17, 15) is 9.59 Å². The molecule has 1 aromatic rings. The molecule has 2 N–H and O–H groups in total. The zero-order valence-corrected chi connectivity index (χ0v) is 14.8. The minimum Gasteiger partial charge on any atom is -0.493 e. The summed E-state index contributed by atoms with van der Waals surface area (Å²) in [7, 11) is 3.17. The topological polar surface area (TPSA) is 88.1 Å². The second-order valence-corrected chi connectivity index (χ2v) is 6.20. The fraction of sp³-hybridized carbons (Fsp3) is 0.556. The van der Waals surface area contributed by atoms with Crippen LogP contribution in [0.4, 0.5) is 4.79 Å². The Bertz CT molecular complexity index is 599. The lowest BCUT2D eigenvalue weighted by Crippen LogP contribution is -2.38. The van der Waals surface area contributed by atoms with Gasteiger partial charge in [0, 0.05) is 25.7 Å². The summed E-state index contributed by atoms with van der Waals surface area (Å²) >= 11 is 0. The highest BCUT2D eigenvalue weighted by Gasteiger charge is 2.21. The number of hydrogen-bond donors (Lipinski definition) is 2. The number of nitrogens with zero attached hydrogens (tertiary/aromatic N) is 1. The van der Waals surface area contributed by atoms with E-state index < -0.39 is 5.97 Å². The summed E-state index contributed by atoms with van der Waals surface area (Å²) in [6.07, 6.45) is 4.49. The number of nitrogens with one attached hydrogen (secondary N) is 1. The third-order valence-electron chi connectivity index (χ3n) is 4.30. The third-order valence-corrected chi connectivity index (χ3v) is 4.30. The maximum Gasteiger partial charge on any atom is 0.317 e. The van der Waals surface area contributed by atoms with Crippen LogP contribution in [-0.4, -0.2) is 48.8 Å². The van der Waals surface area contributed by atoms with Crippen molar-refractivity contribution < 1.29 is 24.2 Å². The molecule has 2 amide bonds. The van der Waals surface area contributed by atoms with Gasteiger partial charge in [0.2, 0.25) is 0 Å². The van der Waals surface area contributed by atoms with Gasteiger partial charge in [-0.3, -0.25) is 4.79 Å². The molecule has 25 heavy (non-hydrogen) atoms. The highest BCUT2D eigenvalue weighted by Crippen LogP contribution is 2.34. The van der Waals surface area contributed by atoms with Crippen molar-refractivity contribution in [2.45, 2.75) is 44.8 Å². The van der Waals surface area contributed by atoms with Gasteiger partial charge in [0.15, 0.2) is 11.5 Å². The smallest absolute Gasteiger partial charge is 0.317 e. The first-order valence-electron chi connectivity index (χ1n) is 8.54. The number of ether oxygens (including phenoxy) is 2. The van der Waals surface area contributed by atoms with Gasteiger partial charge in [-0.25, -0.2) is 4.79 Å². The highest BCUT2D eigenvalue weighted by molar-refractivity contribution is 5.75. The number of rotatable bonds is 8. The quantitative estimate of drug-likeness (QED) is 0.752. The molecule has 0 aromatic heterocycles. The van der Waals surface area contributed by atoms with Crippen molar-refractivity contribution in [1.29, 1.82) is 0 Å². The molecule has 0 bridgehead atoms. The Hall–Kier alpha value is -2.44. The number of aliphatic carboxylic acids is 1. The lowest BCUT2D eigenvalue weighted by molar-refractivity contribution is -0.137. The molecule has 1 aliphatic carbocycles. The van der Waals surface area contributed by atoms with Crippen LogP contribution in [0.15, 0.2) is 18.2 Å². The Morgan fingerprint density at radius 3 is 2.68 bits per heavy atom. The van der Waals surface area contributed by atoms with Gasteiger partial charge in [0.05, 0.1) is 19.6 Å². The van der Waals surface area contributed by atoms with Gasteiger partial charge in [-0.2, -0.15) is 0 Å². The first kappa shape index (κ1) is 18.9. The van der Waals surface area contributed by atoms with Crippen LogP contribution in [0.25, 0.3) is 0 Å². The molecular weight excluding hydrogens is 324 g/mol. The number of benzene rings is 1. The molecule has 7 nitrogen and oxygen atoms in total. The molecule has 0 radical (unpaired) electrons. The molecular formula is C18H26N2O5.